The molecule has 0 amide bonds. The third kappa shape index (κ3) is 1.50. The van der Waals surface area contributed by atoms with Gasteiger partial charge in [-0.1, -0.05) is 13.8 Å². The Morgan fingerprint density at radius 1 is 1.42 bits per heavy atom. The third-order valence-corrected chi connectivity index (χ3v) is 2.96. The molecule has 0 atom stereocenters. The number of ether oxygens (including phenoxy) is 1. The van der Waals surface area contributed by atoms with Gasteiger partial charge in [-0.25, -0.2) is 0 Å². The molecule has 2 fully saturated rings. The predicted molar refractivity (Wildman–Crippen MR) is 49.1 cm³/mol. The first-order valence-electron chi connectivity index (χ1n) is 5.00. The van der Waals surface area contributed by atoms with Crippen LogP contribution in [0.3, 0.4) is 0 Å². The molecule has 2 aliphatic rings. The van der Waals surface area contributed by atoms with Crippen molar-refractivity contribution < 1.29 is 4.74 Å². The van der Waals surface area contributed by atoms with Crippen LogP contribution in [0.15, 0.2) is 0 Å². The Bertz CT molecular complexity index is 163. The molecule has 2 saturated heterocycles. The topological polar surface area (TPSA) is 12.5 Å². The highest BCUT2D eigenvalue weighted by molar-refractivity contribution is 4.94. The lowest BCUT2D eigenvalue weighted by molar-refractivity contribution is -0.105. The van der Waals surface area contributed by atoms with Crippen LogP contribution in [-0.4, -0.2) is 37.7 Å². The first-order valence-corrected chi connectivity index (χ1v) is 5.00. The predicted octanol–water partition coefficient (Wildman–Crippen LogP) is 1.36. The normalized spacial score (nSPS) is 28.2. The molecule has 0 N–H and O–H groups in total. The Morgan fingerprint density at radius 3 is 2.58 bits per heavy atom. The van der Waals surface area contributed by atoms with Crippen molar-refractivity contribution in [2.45, 2.75) is 20.3 Å². The van der Waals surface area contributed by atoms with E-state index >= 15 is 0 Å². The van der Waals surface area contributed by atoms with Crippen molar-refractivity contribution in [3.05, 3.63) is 0 Å². The lowest BCUT2D eigenvalue weighted by Crippen LogP contribution is -2.44. The molecular formula is C10H19NO. The fourth-order valence-corrected chi connectivity index (χ4v) is 2.33. The average molecular weight is 169 g/mol. The van der Waals surface area contributed by atoms with Gasteiger partial charge in [-0.15, -0.1) is 0 Å². The number of hydrogen-bond acceptors (Lipinski definition) is 2. The van der Waals surface area contributed by atoms with Gasteiger partial charge in [-0.3, -0.25) is 0 Å². The smallest absolute Gasteiger partial charge is 0.0557 e. The van der Waals surface area contributed by atoms with Crippen LogP contribution >= 0.6 is 0 Å². The molecule has 1 spiro atoms. The standard InChI is InChI=1S/C10H19NO/c1-9(2)5-11-4-3-10(6-11)7-12-8-10/h9H,3-8H2,1-2H3. The zero-order valence-corrected chi connectivity index (χ0v) is 8.18. The zero-order chi connectivity index (χ0) is 8.60. The monoisotopic (exact) mass is 169 g/mol. The first-order chi connectivity index (χ1) is 5.70. The van der Waals surface area contributed by atoms with Crippen LogP contribution in [0, 0.1) is 11.3 Å². The molecule has 2 nitrogen and oxygen atoms in total. The van der Waals surface area contributed by atoms with Crippen LogP contribution in [0.1, 0.15) is 20.3 Å². The summed E-state index contributed by atoms with van der Waals surface area (Å²) < 4.78 is 5.29. The molecule has 0 radical (unpaired) electrons. The molecule has 2 heterocycles. The number of likely N-dealkylation sites (tertiary alicyclic amines) is 1. The molecule has 0 saturated carbocycles. The lowest BCUT2D eigenvalue weighted by Gasteiger charge is -2.38. The Balaban J connectivity index is 1.81. The average Bonchev–Trinajstić information content (AvgIpc) is 2.29. The summed E-state index contributed by atoms with van der Waals surface area (Å²) in [4.78, 5) is 2.59. The van der Waals surface area contributed by atoms with Gasteiger partial charge in [0.2, 0.25) is 0 Å². The highest BCUT2D eigenvalue weighted by atomic mass is 16.5. The van der Waals surface area contributed by atoms with Gasteiger partial charge in [-0.2, -0.15) is 0 Å². The SMILES string of the molecule is CC(C)CN1CCC2(COC2)C1. The maximum Gasteiger partial charge on any atom is 0.0557 e. The van der Waals surface area contributed by atoms with E-state index in [9.17, 15) is 0 Å². The second-order valence-electron chi connectivity index (χ2n) is 4.87. The summed E-state index contributed by atoms with van der Waals surface area (Å²) in [6.45, 7) is 10.5. The molecular weight excluding hydrogens is 150 g/mol. The Kier molecular flexibility index (Phi) is 2.13. The number of rotatable bonds is 2. The molecule has 12 heavy (non-hydrogen) atoms. The van der Waals surface area contributed by atoms with Gasteiger partial charge < -0.3 is 9.64 Å². The van der Waals surface area contributed by atoms with Gasteiger partial charge in [0.25, 0.3) is 0 Å². The lowest BCUT2D eigenvalue weighted by atomic mass is 9.85. The molecule has 0 unspecified atom stereocenters. The van der Waals surface area contributed by atoms with Crippen LogP contribution < -0.4 is 0 Å². The van der Waals surface area contributed by atoms with E-state index in [1.165, 1.54) is 26.1 Å². The minimum Gasteiger partial charge on any atom is -0.380 e. The Labute approximate surface area is 74.9 Å². The third-order valence-electron chi connectivity index (χ3n) is 2.96. The second-order valence-corrected chi connectivity index (χ2v) is 4.87. The molecule has 0 aromatic heterocycles. The molecule has 2 rings (SSSR count). The summed E-state index contributed by atoms with van der Waals surface area (Å²) in [5.74, 6) is 0.807. The van der Waals surface area contributed by atoms with Gasteiger partial charge >= 0.3 is 0 Å². The summed E-state index contributed by atoms with van der Waals surface area (Å²) in [7, 11) is 0. The van der Waals surface area contributed by atoms with Crippen molar-refractivity contribution in [2.24, 2.45) is 11.3 Å². The maximum absolute atomic E-state index is 5.29. The minimum atomic E-state index is 0.578. The van der Waals surface area contributed by atoms with E-state index in [1.807, 2.05) is 0 Å². The van der Waals surface area contributed by atoms with Crippen molar-refractivity contribution in [3.8, 4) is 0 Å². The fourth-order valence-electron chi connectivity index (χ4n) is 2.33. The molecule has 0 bridgehead atoms. The summed E-state index contributed by atoms with van der Waals surface area (Å²) in [6, 6.07) is 0. The number of hydrogen-bond donors (Lipinski definition) is 0. The number of nitrogens with zero attached hydrogens (tertiary/aromatic N) is 1. The van der Waals surface area contributed by atoms with E-state index in [2.05, 4.69) is 18.7 Å². The van der Waals surface area contributed by atoms with Crippen molar-refractivity contribution in [1.82, 2.24) is 4.90 Å². The van der Waals surface area contributed by atoms with Crippen LogP contribution in [-0.2, 0) is 4.74 Å². The van der Waals surface area contributed by atoms with E-state index in [0.29, 0.717) is 5.41 Å². The van der Waals surface area contributed by atoms with E-state index in [1.54, 1.807) is 0 Å². The quantitative estimate of drug-likeness (QED) is 0.619. The minimum absolute atomic E-state index is 0.578. The van der Waals surface area contributed by atoms with Crippen LogP contribution in [0.25, 0.3) is 0 Å². The molecule has 70 valence electrons. The molecule has 2 aliphatic heterocycles. The van der Waals surface area contributed by atoms with Crippen molar-refractivity contribution in [3.63, 3.8) is 0 Å². The van der Waals surface area contributed by atoms with Gasteiger partial charge in [0.15, 0.2) is 0 Å². The highest BCUT2D eigenvalue weighted by Gasteiger charge is 2.44. The molecule has 0 aromatic rings. The largest absolute Gasteiger partial charge is 0.380 e. The van der Waals surface area contributed by atoms with Gasteiger partial charge in [0.05, 0.1) is 13.2 Å². The van der Waals surface area contributed by atoms with Gasteiger partial charge in [0.1, 0.15) is 0 Å². The molecule has 0 aliphatic carbocycles. The molecule has 2 heteroatoms. The van der Waals surface area contributed by atoms with E-state index in [-0.39, 0.29) is 0 Å². The van der Waals surface area contributed by atoms with Crippen LogP contribution in [0.4, 0.5) is 0 Å². The summed E-state index contributed by atoms with van der Waals surface area (Å²) in [5, 5.41) is 0. The summed E-state index contributed by atoms with van der Waals surface area (Å²) >= 11 is 0. The maximum atomic E-state index is 5.29. The summed E-state index contributed by atoms with van der Waals surface area (Å²) in [5.41, 5.74) is 0.578. The van der Waals surface area contributed by atoms with E-state index in [4.69, 9.17) is 4.74 Å². The first kappa shape index (κ1) is 8.52. The Morgan fingerprint density at radius 2 is 2.17 bits per heavy atom. The van der Waals surface area contributed by atoms with Crippen LogP contribution in [0.2, 0.25) is 0 Å². The van der Waals surface area contributed by atoms with Crippen LogP contribution in [0.5, 0.6) is 0 Å². The summed E-state index contributed by atoms with van der Waals surface area (Å²) in [6.07, 6.45) is 1.36. The van der Waals surface area contributed by atoms with Crippen molar-refractivity contribution in [2.75, 3.05) is 32.8 Å². The van der Waals surface area contributed by atoms with E-state index < -0.39 is 0 Å². The fraction of sp³-hybridized carbons (Fsp3) is 1.00. The highest BCUT2D eigenvalue weighted by Crippen LogP contribution is 2.37. The van der Waals surface area contributed by atoms with Gasteiger partial charge in [0, 0.05) is 18.5 Å². The molecule has 0 aromatic carbocycles. The van der Waals surface area contributed by atoms with Crippen molar-refractivity contribution in [1.29, 1.82) is 0 Å². The van der Waals surface area contributed by atoms with Crippen molar-refractivity contribution >= 4 is 0 Å². The zero-order valence-electron chi connectivity index (χ0n) is 8.18. The second kappa shape index (κ2) is 3.00. The van der Waals surface area contributed by atoms with E-state index in [0.717, 1.165) is 19.1 Å². The Hall–Kier alpha value is -0.0800. The van der Waals surface area contributed by atoms with Gasteiger partial charge in [-0.05, 0) is 18.9 Å².